The van der Waals surface area contributed by atoms with Gasteiger partial charge in [0.2, 0.25) is 5.91 Å². The highest BCUT2D eigenvalue weighted by Crippen LogP contribution is 2.11. The first-order valence-corrected chi connectivity index (χ1v) is 7.54. The second-order valence-electron chi connectivity index (χ2n) is 5.41. The van der Waals surface area contributed by atoms with Crippen LogP contribution in [0.3, 0.4) is 0 Å². The van der Waals surface area contributed by atoms with Crippen LogP contribution in [0.5, 0.6) is 0 Å². The van der Waals surface area contributed by atoms with Gasteiger partial charge in [0, 0.05) is 37.2 Å². The van der Waals surface area contributed by atoms with E-state index in [-0.39, 0.29) is 18.2 Å². The molecule has 5 heteroatoms. The third-order valence-corrected chi connectivity index (χ3v) is 3.62. The van der Waals surface area contributed by atoms with E-state index in [1.165, 1.54) is 6.92 Å². The van der Waals surface area contributed by atoms with E-state index in [0.29, 0.717) is 12.1 Å². The van der Waals surface area contributed by atoms with Gasteiger partial charge < -0.3 is 10.2 Å². The normalized spacial score (nSPS) is 10.2. The van der Waals surface area contributed by atoms with Crippen LogP contribution < -0.4 is 5.32 Å². The third-order valence-electron chi connectivity index (χ3n) is 3.62. The number of anilines is 1. The summed E-state index contributed by atoms with van der Waals surface area (Å²) in [5.74, 6) is 0.0155. The van der Waals surface area contributed by atoms with Gasteiger partial charge in [-0.1, -0.05) is 12.1 Å². The fraction of sp³-hybridized carbons (Fsp3) is 0.278. The Morgan fingerprint density at radius 3 is 2.61 bits per heavy atom. The van der Waals surface area contributed by atoms with Gasteiger partial charge in [0.25, 0.3) is 0 Å². The Kier molecular flexibility index (Phi) is 5.86. The van der Waals surface area contributed by atoms with Crippen LogP contribution >= 0.6 is 0 Å². The highest BCUT2D eigenvalue weighted by atomic mass is 16.2. The summed E-state index contributed by atoms with van der Waals surface area (Å²) in [4.78, 5) is 29.2. The van der Waals surface area contributed by atoms with Crippen LogP contribution in [0.25, 0.3) is 0 Å². The molecule has 1 aromatic heterocycles. The van der Waals surface area contributed by atoms with Gasteiger partial charge >= 0.3 is 0 Å². The number of hydrogen-bond acceptors (Lipinski definition) is 4. The predicted molar refractivity (Wildman–Crippen MR) is 90.5 cm³/mol. The highest BCUT2D eigenvalue weighted by molar-refractivity contribution is 5.95. The number of ketones is 1. The lowest BCUT2D eigenvalue weighted by Gasteiger charge is -2.18. The predicted octanol–water partition coefficient (Wildman–Crippen LogP) is 2.40. The van der Waals surface area contributed by atoms with Gasteiger partial charge in [-0.05, 0) is 43.2 Å². The summed E-state index contributed by atoms with van der Waals surface area (Å²) in [6.45, 7) is 2.38. The van der Waals surface area contributed by atoms with E-state index >= 15 is 0 Å². The van der Waals surface area contributed by atoms with Crippen molar-refractivity contribution in [3.05, 3.63) is 59.9 Å². The minimum absolute atomic E-state index is 0.00674. The first-order valence-electron chi connectivity index (χ1n) is 7.54. The number of hydrogen-bond donors (Lipinski definition) is 1. The first-order chi connectivity index (χ1) is 11.1. The van der Waals surface area contributed by atoms with Crippen LogP contribution in [-0.4, -0.2) is 41.7 Å². The van der Waals surface area contributed by atoms with Gasteiger partial charge in [0.15, 0.2) is 5.78 Å². The van der Waals surface area contributed by atoms with Gasteiger partial charge in [-0.15, -0.1) is 0 Å². The van der Waals surface area contributed by atoms with Gasteiger partial charge in [-0.3, -0.25) is 14.6 Å². The molecule has 0 saturated heterocycles. The number of carbonyl (C=O) groups excluding carboxylic acids is 2. The van der Waals surface area contributed by atoms with E-state index in [9.17, 15) is 9.59 Å². The number of nitrogens with one attached hydrogen (secondary N) is 1. The first kappa shape index (κ1) is 16.7. The van der Waals surface area contributed by atoms with Crippen molar-refractivity contribution in [1.82, 2.24) is 9.88 Å². The molecule has 0 aliphatic carbocycles. The van der Waals surface area contributed by atoms with Crippen molar-refractivity contribution in [1.29, 1.82) is 0 Å². The van der Waals surface area contributed by atoms with Crippen molar-refractivity contribution in [2.75, 3.05) is 25.5 Å². The number of likely N-dealkylation sites (N-methyl/N-ethyl adjacent to an activating group) is 1. The highest BCUT2D eigenvalue weighted by Gasteiger charge is 2.09. The molecule has 120 valence electrons. The van der Waals surface area contributed by atoms with Crippen LogP contribution in [0.1, 0.15) is 22.8 Å². The SMILES string of the molecule is CC(=O)c1cccc(NCC(=O)N(C)CCc2ccncc2)c1. The summed E-state index contributed by atoms with van der Waals surface area (Å²) >= 11 is 0. The molecule has 1 aromatic carbocycles. The molecule has 2 aromatic rings. The molecular formula is C18H21N3O2. The van der Waals surface area contributed by atoms with Crippen LogP contribution in [0.4, 0.5) is 5.69 Å². The number of Topliss-reactive ketones (excluding diaryl/α,β-unsaturated/α-hetero) is 1. The minimum Gasteiger partial charge on any atom is -0.376 e. The second-order valence-corrected chi connectivity index (χ2v) is 5.41. The topological polar surface area (TPSA) is 62.3 Å². The maximum Gasteiger partial charge on any atom is 0.241 e. The van der Waals surface area contributed by atoms with E-state index in [2.05, 4.69) is 10.3 Å². The number of aromatic nitrogens is 1. The monoisotopic (exact) mass is 311 g/mol. The summed E-state index contributed by atoms with van der Waals surface area (Å²) in [6, 6.07) is 11.1. The van der Waals surface area contributed by atoms with Gasteiger partial charge in [0.05, 0.1) is 6.54 Å². The third kappa shape index (κ3) is 5.21. The molecule has 0 spiro atoms. The van der Waals surface area contributed by atoms with Crippen LogP contribution in [0, 0.1) is 0 Å². The van der Waals surface area contributed by atoms with Gasteiger partial charge in [-0.2, -0.15) is 0 Å². The lowest BCUT2D eigenvalue weighted by atomic mass is 10.1. The molecule has 1 heterocycles. The smallest absolute Gasteiger partial charge is 0.241 e. The molecule has 5 nitrogen and oxygen atoms in total. The number of benzene rings is 1. The number of nitrogens with zero attached hydrogens (tertiary/aromatic N) is 2. The zero-order valence-electron chi connectivity index (χ0n) is 13.5. The summed E-state index contributed by atoms with van der Waals surface area (Å²) in [7, 11) is 1.79. The van der Waals surface area contributed by atoms with E-state index < -0.39 is 0 Å². The molecule has 2 rings (SSSR count). The molecule has 0 radical (unpaired) electrons. The maximum absolute atomic E-state index is 12.1. The fourth-order valence-corrected chi connectivity index (χ4v) is 2.13. The Morgan fingerprint density at radius 1 is 1.17 bits per heavy atom. The van der Waals surface area contributed by atoms with Crippen LogP contribution in [0.2, 0.25) is 0 Å². The van der Waals surface area contributed by atoms with Crippen molar-refractivity contribution in [2.24, 2.45) is 0 Å². The van der Waals surface area contributed by atoms with Gasteiger partial charge in [-0.25, -0.2) is 0 Å². The average molecular weight is 311 g/mol. The van der Waals surface area contributed by atoms with E-state index in [4.69, 9.17) is 0 Å². The molecule has 0 unspecified atom stereocenters. The van der Waals surface area contributed by atoms with Crippen molar-refractivity contribution < 1.29 is 9.59 Å². The molecule has 1 N–H and O–H groups in total. The van der Waals surface area contributed by atoms with Crippen LogP contribution in [0.15, 0.2) is 48.8 Å². The average Bonchev–Trinajstić information content (AvgIpc) is 2.58. The van der Waals surface area contributed by atoms with Crippen molar-refractivity contribution in [3.8, 4) is 0 Å². The van der Waals surface area contributed by atoms with Crippen LogP contribution in [-0.2, 0) is 11.2 Å². The molecule has 0 atom stereocenters. The molecular weight excluding hydrogens is 290 g/mol. The molecule has 0 fully saturated rings. The Morgan fingerprint density at radius 2 is 1.91 bits per heavy atom. The lowest BCUT2D eigenvalue weighted by Crippen LogP contribution is -2.33. The fourth-order valence-electron chi connectivity index (χ4n) is 2.13. The molecule has 0 saturated carbocycles. The number of pyridine rings is 1. The summed E-state index contributed by atoms with van der Waals surface area (Å²) < 4.78 is 0. The van der Waals surface area contributed by atoms with E-state index in [0.717, 1.165) is 17.7 Å². The van der Waals surface area contributed by atoms with Crippen molar-refractivity contribution in [2.45, 2.75) is 13.3 Å². The summed E-state index contributed by atoms with van der Waals surface area (Å²) in [6.07, 6.45) is 4.30. The Balaban J connectivity index is 1.82. The van der Waals surface area contributed by atoms with E-state index in [1.807, 2.05) is 18.2 Å². The number of rotatable bonds is 7. The van der Waals surface area contributed by atoms with Crippen molar-refractivity contribution in [3.63, 3.8) is 0 Å². The summed E-state index contributed by atoms with van der Waals surface area (Å²) in [5, 5.41) is 3.07. The molecule has 0 aliphatic rings. The number of amides is 1. The molecule has 1 amide bonds. The molecule has 0 aliphatic heterocycles. The van der Waals surface area contributed by atoms with Gasteiger partial charge in [0.1, 0.15) is 0 Å². The zero-order chi connectivity index (χ0) is 16.7. The summed E-state index contributed by atoms with van der Waals surface area (Å²) in [5.41, 5.74) is 2.56. The zero-order valence-corrected chi connectivity index (χ0v) is 13.5. The Labute approximate surface area is 136 Å². The Bertz CT molecular complexity index is 671. The maximum atomic E-state index is 12.1. The molecule has 23 heavy (non-hydrogen) atoms. The quantitative estimate of drug-likeness (QED) is 0.798. The molecule has 0 bridgehead atoms. The minimum atomic E-state index is 0.00674. The largest absolute Gasteiger partial charge is 0.376 e. The van der Waals surface area contributed by atoms with E-state index in [1.54, 1.807) is 42.5 Å². The lowest BCUT2D eigenvalue weighted by molar-refractivity contribution is -0.127. The Hall–Kier alpha value is -2.69. The van der Waals surface area contributed by atoms with Crippen molar-refractivity contribution >= 4 is 17.4 Å². The second kappa shape index (κ2) is 8.08. The standard InChI is InChI=1S/C18H21N3O2/c1-14(22)16-4-3-5-17(12-16)20-13-18(23)21(2)11-8-15-6-9-19-10-7-15/h3-7,9-10,12,20H,8,11,13H2,1-2H3. The number of carbonyl (C=O) groups is 2.